The molecule has 2 rings (SSSR count). The fourth-order valence-electron chi connectivity index (χ4n) is 2.08. The van der Waals surface area contributed by atoms with Crippen molar-refractivity contribution >= 4 is 11.5 Å². The molecular formula is C15H19NO2. The SMILES string of the molecule is CC(C)(C)c1cccc(C2=CNC(C(=O)O)C2)c1. The Labute approximate surface area is 108 Å². The number of carboxylic acids is 1. The van der Waals surface area contributed by atoms with Gasteiger partial charge in [-0.05, 0) is 22.1 Å². The summed E-state index contributed by atoms with van der Waals surface area (Å²) in [6, 6.07) is 7.84. The molecule has 0 radical (unpaired) electrons. The Kier molecular flexibility index (Phi) is 3.16. The topological polar surface area (TPSA) is 49.3 Å². The molecule has 0 saturated heterocycles. The van der Waals surface area contributed by atoms with E-state index < -0.39 is 12.0 Å². The summed E-state index contributed by atoms with van der Waals surface area (Å²) in [5.41, 5.74) is 3.54. The average molecular weight is 245 g/mol. The molecule has 1 aliphatic heterocycles. The van der Waals surface area contributed by atoms with Crippen LogP contribution < -0.4 is 5.32 Å². The van der Waals surface area contributed by atoms with E-state index in [0.29, 0.717) is 6.42 Å². The summed E-state index contributed by atoms with van der Waals surface area (Å²) in [7, 11) is 0. The van der Waals surface area contributed by atoms with E-state index >= 15 is 0 Å². The molecule has 0 spiro atoms. The number of aliphatic carboxylic acids is 1. The van der Waals surface area contributed by atoms with E-state index in [2.05, 4.69) is 38.2 Å². The maximum absolute atomic E-state index is 10.9. The van der Waals surface area contributed by atoms with Crippen molar-refractivity contribution in [2.75, 3.05) is 0 Å². The number of benzene rings is 1. The fourth-order valence-corrected chi connectivity index (χ4v) is 2.08. The molecule has 0 bridgehead atoms. The van der Waals surface area contributed by atoms with Crippen molar-refractivity contribution in [2.24, 2.45) is 0 Å². The lowest BCUT2D eigenvalue weighted by Crippen LogP contribution is -2.28. The highest BCUT2D eigenvalue weighted by Gasteiger charge is 2.24. The van der Waals surface area contributed by atoms with E-state index in [1.807, 2.05) is 18.3 Å². The summed E-state index contributed by atoms with van der Waals surface area (Å²) in [6.07, 6.45) is 2.36. The Morgan fingerprint density at radius 1 is 1.39 bits per heavy atom. The molecule has 1 aliphatic rings. The summed E-state index contributed by atoms with van der Waals surface area (Å²) < 4.78 is 0. The van der Waals surface area contributed by atoms with Crippen LogP contribution in [-0.2, 0) is 10.2 Å². The van der Waals surface area contributed by atoms with Gasteiger partial charge in [0, 0.05) is 12.6 Å². The van der Waals surface area contributed by atoms with Gasteiger partial charge in [0.25, 0.3) is 0 Å². The molecule has 3 heteroatoms. The number of hydrogen-bond acceptors (Lipinski definition) is 2. The standard InChI is InChI=1S/C15H19NO2/c1-15(2,3)12-6-4-5-10(7-12)11-8-13(14(17)18)16-9-11/h4-7,9,13,16H,8H2,1-3H3,(H,17,18). The van der Waals surface area contributed by atoms with Gasteiger partial charge in [-0.15, -0.1) is 0 Å². The van der Waals surface area contributed by atoms with Gasteiger partial charge in [-0.3, -0.25) is 0 Å². The van der Waals surface area contributed by atoms with Gasteiger partial charge in [-0.1, -0.05) is 45.0 Å². The van der Waals surface area contributed by atoms with Crippen LogP contribution in [0.4, 0.5) is 0 Å². The van der Waals surface area contributed by atoms with Crippen LogP contribution in [-0.4, -0.2) is 17.1 Å². The van der Waals surface area contributed by atoms with Crippen molar-refractivity contribution in [1.29, 1.82) is 0 Å². The van der Waals surface area contributed by atoms with E-state index in [9.17, 15) is 4.79 Å². The van der Waals surface area contributed by atoms with Crippen LogP contribution in [0.15, 0.2) is 30.5 Å². The third-order valence-electron chi connectivity index (χ3n) is 3.28. The van der Waals surface area contributed by atoms with Crippen LogP contribution in [0.3, 0.4) is 0 Å². The Bertz CT molecular complexity index is 497. The third kappa shape index (κ3) is 2.55. The van der Waals surface area contributed by atoms with Gasteiger partial charge in [-0.25, -0.2) is 4.79 Å². The van der Waals surface area contributed by atoms with Crippen LogP contribution in [0.5, 0.6) is 0 Å². The molecule has 0 aromatic heterocycles. The van der Waals surface area contributed by atoms with Gasteiger partial charge in [0.05, 0.1) is 0 Å². The van der Waals surface area contributed by atoms with Crippen molar-refractivity contribution in [3.05, 3.63) is 41.6 Å². The number of carboxylic acid groups (broad SMARTS) is 1. The Morgan fingerprint density at radius 2 is 2.11 bits per heavy atom. The number of hydrogen-bond donors (Lipinski definition) is 2. The van der Waals surface area contributed by atoms with E-state index in [4.69, 9.17) is 5.11 Å². The molecular weight excluding hydrogens is 226 g/mol. The van der Waals surface area contributed by atoms with Crippen molar-refractivity contribution in [2.45, 2.75) is 38.6 Å². The second-order valence-electron chi connectivity index (χ2n) is 5.76. The van der Waals surface area contributed by atoms with Gasteiger partial charge in [-0.2, -0.15) is 0 Å². The molecule has 1 unspecified atom stereocenters. The predicted octanol–water partition coefficient (Wildman–Crippen LogP) is 2.77. The van der Waals surface area contributed by atoms with Crippen LogP contribution >= 0.6 is 0 Å². The lowest BCUT2D eigenvalue weighted by atomic mass is 9.85. The number of carbonyl (C=O) groups is 1. The van der Waals surface area contributed by atoms with E-state index in [0.717, 1.165) is 11.1 Å². The maximum Gasteiger partial charge on any atom is 0.326 e. The molecule has 18 heavy (non-hydrogen) atoms. The number of rotatable bonds is 2. The monoisotopic (exact) mass is 245 g/mol. The smallest absolute Gasteiger partial charge is 0.326 e. The minimum atomic E-state index is -0.798. The first-order chi connectivity index (χ1) is 8.38. The van der Waals surface area contributed by atoms with Gasteiger partial charge in [0.1, 0.15) is 6.04 Å². The normalized spacial score (nSPS) is 19.3. The molecule has 3 nitrogen and oxygen atoms in total. The average Bonchev–Trinajstić information content (AvgIpc) is 2.77. The molecule has 0 amide bonds. The Hall–Kier alpha value is -1.77. The number of nitrogens with one attached hydrogen (secondary N) is 1. The maximum atomic E-state index is 10.9. The zero-order valence-electron chi connectivity index (χ0n) is 11.0. The minimum absolute atomic E-state index is 0.106. The van der Waals surface area contributed by atoms with E-state index in [1.54, 1.807) is 0 Å². The van der Waals surface area contributed by atoms with Crippen LogP contribution in [0.1, 0.15) is 38.3 Å². The first kappa shape index (κ1) is 12.7. The first-order valence-corrected chi connectivity index (χ1v) is 6.17. The minimum Gasteiger partial charge on any atom is -0.480 e. The summed E-state index contributed by atoms with van der Waals surface area (Å²) in [6.45, 7) is 6.52. The molecule has 2 N–H and O–H groups in total. The van der Waals surface area contributed by atoms with Crippen molar-refractivity contribution < 1.29 is 9.90 Å². The largest absolute Gasteiger partial charge is 0.480 e. The van der Waals surface area contributed by atoms with Crippen LogP contribution in [0.25, 0.3) is 5.57 Å². The first-order valence-electron chi connectivity index (χ1n) is 6.17. The van der Waals surface area contributed by atoms with Crippen molar-refractivity contribution in [1.82, 2.24) is 5.32 Å². The molecule has 1 aromatic rings. The molecule has 96 valence electrons. The highest BCUT2D eigenvalue weighted by Crippen LogP contribution is 2.28. The van der Waals surface area contributed by atoms with E-state index in [-0.39, 0.29) is 5.41 Å². The molecule has 0 saturated carbocycles. The summed E-state index contributed by atoms with van der Waals surface area (Å²) in [5.74, 6) is -0.798. The van der Waals surface area contributed by atoms with Gasteiger partial charge >= 0.3 is 5.97 Å². The zero-order valence-corrected chi connectivity index (χ0v) is 11.0. The molecule has 0 aliphatic carbocycles. The van der Waals surface area contributed by atoms with Crippen molar-refractivity contribution in [3.8, 4) is 0 Å². The van der Waals surface area contributed by atoms with Crippen LogP contribution in [0.2, 0.25) is 0 Å². The van der Waals surface area contributed by atoms with Gasteiger partial charge < -0.3 is 10.4 Å². The molecule has 1 heterocycles. The zero-order chi connectivity index (χ0) is 13.3. The molecule has 0 fully saturated rings. The Balaban J connectivity index is 2.23. The quantitative estimate of drug-likeness (QED) is 0.842. The summed E-state index contributed by atoms with van der Waals surface area (Å²) >= 11 is 0. The highest BCUT2D eigenvalue weighted by atomic mass is 16.4. The predicted molar refractivity (Wildman–Crippen MR) is 72.3 cm³/mol. The Morgan fingerprint density at radius 3 is 2.67 bits per heavy atom. The molecule has 1 atom stereocenters. The van der Waals surface area contributed by atoms with Crippen molar-refractivity contribution in [3.63, 3.8) is 0 Å². The van der Waals surface area contributed by atoms with Crippen LogP contribution in [0, 0.1) is 0 Å². The molecule has 1 aromatic carbocycles. The second kappa shape index (κ2) is 4.48. The fraction of sp³-hybridized carbons (Fsp3) is 0.400. The lowest BCUT2D eigenvalue weighted by molar-refractivity contribution is -0.138. The summed E-state index contributed by atoms with van der Waals surface area (Å²) in [5, 5.41) is 11.9. The van der Waals surface area contributed by atoms with Gasteiger partial charge in [0.2, 0.25) is 0 Å². The van der Waals surface area contributed by atoms with Gasteiger partial charge in [0.15, 0.2) is 0 Å². The van der Waals surface area contributed by atoms with E-state index in [1.165, 1.54) is 5.56 Å². The highest BCUT2D eigenvalue weighted by molar-refractivity contribution is 5.81. The second-order valence-corrected chi connectivity index (χ2v) is 5.76. The lowest BCUT2D eigenvalue weighted by Gasteiger charge is -2.20. The summed E-state index contributed by atoms with van der Waals surface area (Å²) in [4.78, 5) is 10.9. The third-order valence-corrected chi connectivity index (χ3v) is 3.28.